The Bertz CT molecular complexity index is 933. The summed E-state index contributed by atoms with van der Waals surface area (Å²) in [6.45, 7) is 0. The maximum Gasteiger partial charge on any atom is 0.101 e. The van der Waals surface area contributed by atoms with Crippen molar-refractivity contribution < 1.29 is 0 Å². The summed E-state index contributed by atoms with van der Waals surface area (Å²) in [5.74, 6) is 0. The molecule has 2 heterocycles. The minimum atomic E-state index is 0.500. The molecule has 0 aliphatic rings. The van der Waals surface area contributed by atoms with Gasteiger partial charge in [0, 0.05) is 12.4 Å². The lowest BCUT2D eigenvalue weighted by Crippen LogP contribution is -1.87. The van der Waals surface area contributed by atoms with Crippen LogP contribution >= 0.6 is 0 Å². The van der Waals surface area contributed by atoms with E-state index >= 15 is 0 Å². The first-order valence-electron chi connectivity index (χ1n) is 7.96. The Kier molecular flexibility index (Phi) is 5.30. The van der Waals surface area contributed by atoms with Crippen molar-refractivity contribution >= 4 is 23.3 Å². The average Bonchev–Trinajstić information content (AvgIpc) is 2.72. The third kappa shape index (κ3) is 4.08. The number of aromatic nitrogens is 2. The van der Waals surface area contributed by atoms with Crippen LogP contribution in [-0.2, 0) is 0 Å². The molecule has 0 amide bonds. The molecule has 4 heteroatoms. The molecule has 0 aliphatic carbocycles. The van der Waals surface area contributed by atoms with E-state index in [1.807, 2.05) is 48.5 Å². The van der Waals surface area contributed by atoms with Crippen molar-refractivity contribution in [3.05, 3.63) is 95.6 Å². The summed E-state index contributed by atoms with van der Waals surface area (Å²) < 4.78 is 0. The predicted octanol–water partition coefficient (Wildman–Crippen LogP) is 4.60. The first-order valence-corrected chi connectivity index (χ1v) is 7.96. The van der Waals surface area contributed by atoms with Gasteiger partial charge in [0.2, 0.25) is 0 Å². The Morgan fingerprint density at radius 3 is 1.38 bits per heavy atom. The van der Waals surface area contributed by atoms with E-state index < -0.39 is 0 Å². The van der Waals surface area contributed by atoms with E-state index in [1.54, 1.807) is 36.7 Å². The van der Waals surface area contributed by atoms with Crippen LogP contribution in [0.1, 0.15) is 22.5 Å². The lowest BCUT2D eigenvalue weighted by atomic mass is 10.0. The standard InChI is InChI=1S/C22H14N4/c23-15-19(21-5-1-3-11-25-21)13-17-7-9-18(10-8-17)14-20(16-24)22-6-2-4-12-26-22/h1-14H/b19-13+,20-14+. The largest absolute Gasteiger partial charge is 0.256 e. The number of rotatable bonds is 4. The van der Waals surface area contributed by atoms with Crippen LogP contribution in [0, 0.1) is 22.7 Å². The molecule has 0 unspecified atom stereocenters. The van der Waals surface area contributed by atoms with E-state index in [2.05, 4.69) is 22.1 Å². The van der Waals surface area contributed by atoms with Crippen LogP contribution in [0.25, 0.3) is 23.3 Å². The quantitative estimate of drug-likeness (QED) is 0.653. The van der Waals surface area contributed by atoms with Crippen molar-refractivity contribution in [1.29, 1.82) is 10.5 Å². The van der Waals surface area contributed by atoms with Crippen LogP contribution in [0.3, 0.4) is 0 Å². The molecule has 0 radical (unpaired) electrons. The number of benzene rings is 1. The monoisotopic (exact) mass is 334 g/mol. The van der Waals surface area contributed by atoms with Gasteiger partial charge in [-0.3, -0.25) is 9.97 Å². The number of hydrogen-bond acceptors (Lipinski definition) is 4. The van der Waals surface area contributed by atoms with Crippen molar-refractivity contribution in [2.24, 2.45) is 0 Å². The predicted molar refractivity (Wildman–Crippen MR) is 102 cm³/mol. The Balaban J connectivity index is 1.87. The number of pyridine rings is 2. The lowest BCUT2D eigenvalue weighted by Gasteiger charge is -2.01. The van der Waals surface area contributed by atoms with Crippen molar-refractivity contribution in [2.75, 3.05) is 0 Å². The summed E-state index contributed by atoms with van der Waals surface area (Å²) in [6, 6.07) is 22.9. The summed E-state index contributed by atoms with van der Waals surface area (Å²) in [5.41, 5.74) is 4.06. The molecular weight excluding hydrogens is 320 g/mol. The van der Waals surface area contributed by atoms with Crippen LogP contribution in [0.15, 0.2) is 73.1 Å². The zero-order valence-corrected chi connectivity index (χ0v) is 13.9. The van der Waals surface area contributed by atoms with Gasteiger partial charge in [0.1, 0.15) is 12.1 Å². The molecule has 1 aromatic carbocycles. The summed E-state index contributed by atoms with van der Waals surface area (Å²) in [6.07, 6.45) is 6.91. The summed E-state index contributed by atoms with van der Waals surface area (Å²) in [5, 5.41) is 18.7. The van der Waals surface area contributed by atoms with Gasteiger partial charge in [-0.1, -0.05) is 36.4 Å². The highest BCUT2D eigenvalue weighted by atomic mass is 14.7. The van der Waals surface area contributed by atoms with E-state index in [9.17, 15) is 10.5 Å². The molecule has 3 rings (SSSR count). The molecule has 0 fully saturated rings. The molecule has 0 aliphatic heterocycles. The van der Waals surface area contributed by atoms with Crippen LogP contribution in [0.5, 0.6) is 0 Å². The average molecular weight is 334 g/mol. The van der Waals surface area contributed by atoms with Crippen molar-refractivity contribution in [2.45, 2.75) is 0 Å². The minimum Gasteiger partial charge on any atom is -0.256 e. The van der Waals surface area contributed by atoms with Gasteiger partial charge < -0.3 is 0 Å². The first-order chi connectivity index (χ1) is 12.8. The molecule has 4 nitrogen and oxygen atoms in total. The van der Waals surface area contributed by atoms with Gasteiger partial charge in [0.15, 0.2) is 0 Å². The highest BCUT2D eigenvalue weighted by Crippen LogP contribution is 2.19. The molecular formula is C22H14N4. The zero-order valence-electron chi connectivity index (χ0n) is 13.9. The second-order valence-electron chi connectivity index (χ2n) is 5.44. The van der Waals surface area contributed by atoms with Gasteiger partial charge in [-0.2, -0.15) is 10.5 Å². The zero-order chi connectivity index (χ0) is 18.2. The fourth-order valence-electron chi connectivity index (χ4n) is 2.39. The molecule has 0 spiro atoms. The second-order valence-corrected chi connectivity index (χ2v) is 5.44. The minimum absolute atomic E-state index is 0.500. The van der Waals surface area contributed by atoms with Crippen molar-refractivity contribution in [3.8, 4) is 12.1 Å². The van der Waals surface area contributed by atoms with Crippen molar-refractivity contribution in [3.63, 3.8) is 0 Å². The van der Waals surface area contributed by atoms with E-state index in [4.69, 9.17) is 0 Å². The Labute approximate surface area is 152 Å². The Morgan fingerprint density at radius 1 is 0.654 bits per heavy atom. The second kappa shape index (κ2) is 8.19. The topological polar surface area (TPSA) is 73.4 Å². The van der Waals surface area contributed by atoms with Crippen LogP contribution < -0.4 is 0 Å². The van der Waals surface area contributed by atoms with Gasteiger partial charge in [0.05, 0.1) is 22.5 Å². The maximum absolute atomic E-state index is 9.36. The van der Waals surface area contributed by atoms with Crippen molar-refractivity contribution in [1.82, 2.24) is 9.97 Å². The van der Waals surface area contributed by atoms with Gasteiger partial charge >= 0.3 is 0 Å². The number of hydrogen-bond donors (Lipinski definition) is 0. The van der Waals surface area contributed by atoms with Crippen LogP contribution in [-0.4, -0.2) is 9.97 Å². The molecule has 26 heavy (non-hydrogen) atoms. The van der Waals surface area contributed by atoms with E-state index in [-0.39, 0.29) is 0 Å². The van der Waals surface area contributed by atoms with Gasteiger partial charge in [-0.25, -0.2) is 0 Å². The van der Waals surface area contributed by atoms with Crippen LogP contribution in [0.4, 0.5) is 0 Å². The molecule has 0 saturated heterocycles. The van der Waals surface area contributed by atoms with E-state index in [1.165, 1.54) is 0 Å². The molecule has 122 valence electrons. The number of allylic oxidation sites excluding steroid dienone is 2. The fourth-order valence-corrected chi connectivity index (χ4v) is 2.39. The molecule has 0 bridgehead atoms. The highest BCUT2D eigenvalue weighted by Gasteiger charge is 2.03. The summed E-state index contributed by atoms with van der Waals surface area (Å²) in [4.78, 5) is 8.41. The lowest BCUT2D eigenvalue weighted by molar-refractivity contribution is 1.28. The molecule has 3 aromatic rings. The van der Waals surface area contributed by atoms with Crippen LogP contribution in [0.2, 0.25) is 0 Å². The molecule has 2 aromatic heterocycles. The fraction of sp³-hybridized carbons (Fsp3) is 0. The van der Waals surface area contributed by atoms with Gasteiger partial charge in [-0.15, -0.1) is 0 Å². The first kappa shape index (κ1) is 16.8. The third-order valence-electron chi connectivity index (χ3n) is 3.68. The maximum atomic E-state index is 9.36. The van der Waals surface area contributed by atoms with Gasteiger partial charge in [0.25, 0.3) is 0 Å². The number of nitriles is 2. The highest BCUT2D eigenvalue weighted by molar-refractivity contribution is 5.90. The SMILES string of the molecule is N#C/C(=C\c1ccc(/C=C(\C#N)c2ccccn2)cc1)c1ccccn1. The summed E-state index contributed by atoms with van der Waals surface area (Å²) >= 11 is 0. The van der Waals surface area contributed by atoms with Gasteiger partial charge in [-0.05, 0) is 47.5 Å². The van der Waals surface area contributed by atoms with E-state index in [0.717, 1.165) is 11.1 Å². The molecule has 0 atom stereocenters. The third-order valence-corrected chi connectivity index (χ3v) is 3.68. The molecule has 0 N–H and O–H groups in total. The smallest absolute Gasteiger partial charge is 0.101 e. The van der Waals surface area contributed by atoms with E-state index in [0.29, 0.717) is 22.5 Å². The summed E-state index contributed by atoms with van der Waals surface area (Å²) in [7, 11) is 0. The Hall–Kier alpha value is -4.02. The normalized spacial score (nSPS) is 11.5. The number of nitrogens with zero attached hydrogens (tertiary/aromatic N) is 4. The Morgan fingerprint density at radius 2 is 1.08 bits per heavy atom. The molecule has 0 saturated carbocycles.